The van der Waals surface area contributed by atoms with Crippen LogP contribution in [-0.4, -0.2) is 52.7 Å². The minimum absolute atomic E-state index is 0.0464. The summed E-state index contributed by atoms with van der Waals surface area (Å²) in [7, 11) is 0. The van der Waals surface area contributed by atoms with Crippen LogP contribution in [-0.2, 0) is 11.2 Å². The van der Waals surface area contributed by atoms with Crippen LogP contribution in [0.25, 0.3) is 0 Å². The molecule has 0 unspecified atom stereocenters. The van der Waals surface area contributed by atoms with Crippen molar-refractivity contribution in [1.29, 1.82) is 0 Å². The summed E-state index contributed by atoms with van der Waals surface area (Å²) >= 11 is 0. The number of hydrogen-bond acceptors (Lipinski definition) is 5. The number of likely N-dealkylation sites (tertiary alicyclic amines) is 1. The van der Waals surface area contributed by atoms with Crippen molar-refractivity contribution >= 4 is 11.9 Å². The third kappa shape index (κ3) is 4.42. The molecule has 1 amide bonds. The molecule has 2 aliphatic rings. The van der Waals surface area contributed by atoms with Crippen LogP contribution in [0.2, 0.25) is 0 Å². The van der Waals surface area contributed by atoms with E-state index in [9.17, 15) is 4.79 Å². The summed E-state index contributed by atoms with van der Waals surface area (Å²) in [5.41, 5.74) is 2.24. The zero-order chi connectivity index (χ0) is 20.4. The number of carbonyl (C=O) groups excluding carboxylic acids is 1. The molecule has 154 valence electrons. The quantitative estimate of drug-likeness (QED) is 0.769. The second kappa shape index (κ2) is 8.49. The van der Waals surface area contributed by atoms with Crippen LogP contribution in [0.3, 0.4) is 0 Å². The Morgan fingerprint density at radius 1 is 1.14 bits per heavy atom. The fraction of sp³-hybridized carbons (Fsp3) is 0.522. The summed E-state index contributed by atoms with van der Waals surface area (Å²) in [6.45, 7) is 8.97. The van der Waals surface area contributed by atoms with E-state index >= 15 is 0 Å². The maximum absolute atomic E-state index is 12.5. The lowest BCUT2D eigenvalue weighted by Gasteiger charge is -2.34. The number of anilines is 1. The highest BCUT2D eigenvalue weighted by atomic mass is 16.6. The smallest absolute Gasteiger partial charge is 0.415 e. The Hall–Kier alpha value is -2.47. The van der Waals surface area contributed by atoms with Crippen LogP contribution in [0.4, 0.5) is 10.6 Å². The van der Waals surface area contributed by atoms with Crippen LogP contribution in [0.1, 0.15) is 49.7 Å². The zero-order valence-electron chi connectivity index (χ0n) is 17.5. The molecule has 6 heteroatoms. The third-order valence-electron chi connectivity index (χ3n) is 6.04. The molecule has 29 heavy (non-hydrogen) atoms. The first-order valence-electron chi connectivity index (χ1n) is 10.6. The Morgan fingerprint density at radius 2 is 1.86 bits per heavy atom. The van der Waals surface area contributed by atoms with Crippen LogP contribution in [0, 0.1) is 6.92 Å². The summed E-state index contributed by atoms with van der Waals surface area (Å²) in [5, 5.41) is 0. The van der Waals surface area contributed by atoms with Gasteiger partial charge >= 0.3 is 6.09 Å². The first kappa shape index (κ1) is 19.8. The predicted molar refractivity (Wildman–Crippen MR) is 113 cm³/mol. The van der Waals surface area contributed by atoms with Gasteiger partial charge in [0.05, 0.1) is 6.04 Å². The van der Waals surface area contributed by atoms with Crippen molar-refractivity contribution in [3.8, 4) is 0 Å². The molecule has 6 nitrogen and oxygen atoms in total. The van der Waals surface area contributed by atoms with Gasteiger partial charge in [-0.15, -0.1) is 0 Å². The maximum Gasteiger partial charge on any atom is 0.415 e. The molecule has 1 aromatic heterocycles. The molecule has 0 radical (unpaired) electrons. The minimum Gasteiger partial charge on any atom is -0.447 e. The van der Waals surface area contributed by atoms with Crippen molar-refractivity contribution in [2.45, 2.75) is 58.0 Å². The van der Waals surface area contributed by atoms with E-state index in [0.29, 0.717) is 30.2 Å². The van der Waals surface area contributed by atoms with E-state index in [0.717, 1.165) is 38.0 Å². The number of benzene rings is 1. The second-order valence-electron chi connectivity index (χ2n) is 8.39. The summed E-state index contributed by atoms with van der Waals surface area (Å²) < 4.78 is 5.39. The van der Waals surface area contributed by atoms with Crippen molar-refractivity contribution < 1.29 is 9.53 Å². The van der Waals surface area contributed by atoms with Gasteiger partial charge in [-0.1, -0.05) is 30.3 Å². The van der Waals surface area contributed by atoms with Gasteiger partial charge in [-0.05, 0) is 58.7 Å². The lowest BCUT2D eigenvalue weighted by molar-refractivity contribution is 0.170. The Bertz CT molecular complexity index is 847. The molecule has 0 N–H and O–H groups in total. The highest BCUT2D eigenvalue weighted by molar-refractivity contribution is 5.89. The number of carbonyl (C=O) groups is 1. The van der Waals surface area contributed by atoms with E-state index in [1.54, 1.807) is 4.90 Å². The number of ether oxygens (including phenoxy) is 1. The van der Waals surface area contributed by atoms with Gasteiger partial charge in [-0.2, -0.15) is 0 Å². The van der Waals surface area contributed by atoms with E-state index in [-0.39, 0.29) is 12.1 Å². The van der Waals surface area contributed by atoms with E-state index in [1.165, 1.54) is 5.56 Å². The van der Waals surface area contributed by atoms with Crippen molar-refractivity contribution in [3.05, 3.63) is 53.5 Å². The molecule has 0 aliphatic carbocycles. The molecule has 3 heterocycles. The molecule has 4 rings (SSSR count). The lowest BCUT2D eigenvalue weighted by atomic mass is 9.92. The molecular weight excluding hydrogens is 364 g/mol. The molecular formula is C23H30N4O2. The Labute approximate surface area is 172 Å². The number of aryl methyl sites for hydroxylation is 1. The molecule has 2 saturated heterocycles. The normalized spacial score (nSPS) is 21.0. The average Bonchev–Trinajstić information content (AvgIpc) is 3.08. The van der Waals surface area contributed by atoms with Crippen LogP contribution >= 0.6 is 0 Å². The van der Waals surface area contributed by atoms with Crippen molar-refractivity contribution in [1.82, 2.24) is 14.9 Å². The summed E-state index contributed by atoms with van der Waals surface area (Å²) in [6.07, 6.45) is 2.61. The summed E-state index contributed by atoms with van der Waals surface area (Å²) in [5.74, 6) is 1.79. The standard InChI is InChI=1S/C23H30N4O2/c1-16(2)26-11-9-19(10-12-26)21-14-22(25-17(3)24-21)27-20(15-29-23(27)28)13-18-7-5-4-6-8-18/h4-8,14,16,19-20H,9-13,15H2,1-3H3/t20-/m1/s1. The average molecular weight is 395 g/mol. The summed E-state index contributed by atoms with van der Waals surface area (Å²) in [4.78, 5) is 26.1. The van der Waals surface area contributed by atoms with Gasteiger partial charge in [0.1, 0.15) is 18.2 Å². The molecule has 0 saturated carbocycles. The first-order valence-corrected chi connectivity index (χ1v) is 10.6. The number of rotatable bonds is 5. The molecule has 2 fully saturated rings. The van der Waals surface area contributed by atoms with E-state index < -0.39 is 0 Å². The second-order valence-corrected chi connectivity index (χ2v) is 8.39. The van der Waals surface area contributed by atoms with Gasteiger partial charge in [0.15, 0.2) is 0 Å². The van der Waals surface area contributed by atoms with Gasteiger partial charge in [0.2, 0.25) is 0 Å². The molecule has 0 bridgehead atoms. The number of nitrogens with zero attached hydrogens (tertiary/aromatic N) is 4. The SMILES string of the molecule is Cc1nc(C2CCN(C(C)C)CC2)cc(N2C(=O)OC[C@H]2Cc2ccccc2)n1. The Morgan fingerprint density at radius 3 is 2.55 bits per heavy atom. The van der Waals surface area contributed by atoms with Gasteiger partial charge < -0.3 is 9.64 Å². The lowest BCUT2D eigenvalue weighted by Crippen LogP contribution is -2.38. The Balaban J connectivity index is 1.55. The van der Waals surface area contributed by atoms with Crippen molar-refractivity contribution in [2.75, 3.05) is 24.6 Å². The number of cyclic esters (lactones) is 1. The maximum atomic E-state index is 12.5. The van der Waals surface area contributed by atoms with Crippen molar-refractivity contribution in [2.24, 2.45) is 0 Å². The Kier molecular flexibility index (Phi) is 5.81. The van der Waals surface area contributed by atoms with Crippen LogP contribution < -0.4 is 4.90 Å². The highest BCUT2D eigenvalue weighted by Crippen LogP contribution is 2.31. The minimum atomic E-state index is -0.315. The number of hydrogen-bond donors (Lipinski definition) is 0. The zero-order valence-corrected chi connectivity index (χ0v) is 17.5. The van der Waals surface area contributed by atoms with E-state index in [2.05, 4.69) is 35.9 Å². The first-order chi connectivity index (χ1) is 14.0. The number of aromatic nitrogens is 2. The molecule has 0 spiro atoms. The fourth-order valence-corrected chi connectivity index (χ4v) is 4.40. The van der Waals surface area contributed by atoms with Gasteiger partial charge in [-0.25, -0.2) is 14.8 Å². The largest absolute Gasteiger partial charge is 0.447 e. The summed E-state index contributed by atoms with van der Waals surface area (Å²) in [6, 6.07) is 12.8. The number of amides is 1. The van der Waals surface area contributed by atoms with Crippen molar-refractivity contribution in [3.63, 3.8) is 0 Å². The molecule has 2 aliphatic heterocycles. The highest BCUT2D eigenvalue weighted by Gasteiger charge is 2.36. The van der Waals surface area contributed by atoms with Gasteiger partial charge in [-0.3, -0.25) is 4.90 Å². The molecule has 2 aromatic rings. The van der Waals surface area contributed by atoms with Crippen LogP contribution in [0.5, 0.6) is 0 Å². The third-order valence-corrected chi connectivity index (χ3v) is 6.04. The monoisotopic (exact) mass is 394 g/mol. The van der Waals surface area contributed by atoms with Crippen LogP contribution in [0.15, 0.2) is 36.4 Å². The van der Waals surface area contributed by atoms with Gasteiger partial charge in [0.25, 0.3) is 0 Å². The fourth-order valence-electron chi connectivity index (χ4n) is 4.40. The van der Waals surface area contributed by atoms with Gasteiger partial charge in [0, 0.05) is 23.7 Å². The van der Waals surface area contributed by atoms with E-state index in [1.807, 2.05) is 31.2 Å². The topological polar surface area (TPSA) is 58.6 Å². The predicted octanol–water partition coefficient (Wildman–Crippen LogP) is 3.94. The number of piperidine rings is 1. The molecule has 1 aromatic carbocycles. The van der Waals surface area contributed by atoms with E-state index in [4.69, 9.17) is 9.72 Å². The molecule has 1 atom stereocenters.